The summed E-state index contributed by atoms with van der Waals surface area (Å²) in [7, 11) is 0. The summed E-state index contributed by atoms with van der Waals surface area (Å²) in [5, 5.41) is 0. The number of ether oxygens (including phenoxy) is 3. The number of benzene rings is 3. The van der Waals surface area contributed by atoms with Gasteiger partial charge >= 0.3 is 0 Å². The molecule has 0 aromatic heterocycles. The van der Waals surface area contributed by atoms with Crippen molar-refractivity contribution in [3.8, 4) is 22.6 Å². The van der Waals surface area contributed by atoms with E-state index in [-0.39, 0.29) is 60.0 Å². The molecule has 9 heteroatoms. The van der Waals surface area contributed by atoms with Crippen LogP contribution in [0.1, 0.15) is 63.0 Å². The summed E-state index contributed by atoms with van der Waals surface area (Å²) in [6.07, 6.45) is 2.38. The molecule has 3 aromatic carbocycles. The van der Waals surface area contributed by atoms with E-state index < -0.39 is 40.5 Å². The molecule has 0 heterocycles. The second-order valence-electron chi connectivity index (χ2n) is 9.49. The van der Waals surface area contributed by atoms with E-state index in [1.54, 1.807) is 6.92 Å². The zero-order valence-corrected chi connectivity index (χ0v) is 21.8. The number of hydrogen-bond donors (Lipinski definition) is 0. The van der Waals surface area contributed by atoms with Crippen LogP contribution in [0.2, 0.25) is 0 Å². The predicted octanol–water partition coefficient (Wildman–Crippen LogP) is 8.62. The zero-order valence-electron chi connectivity index (χ0n) is 21.8. The molecular weight excluding hydrogens is 522 g/mol. The summed E-state index contributed by atoms with van der Waals surface area (Å²) in [5.74, 6) is -7.76. The van der Waals surface area contributed by atoms with Gasteiger partial charge in [0.25, 0.3) is 0 Å². The zero-order chi connectivity index (χ0) is 28.1. The highest BCUT2D eigenvalue weighted by atomic mass is 19.2. The first-order valence-corrected chi connectivity index (χ1v) is 13.1. The Balaban J connectivity index is 1.40. The first kappa shape index (κ1) is 28.8. The Kier molecular flexibility index (Phi) is 9.43. The maximum Gasteiger partial charge on any atom is 0.201 e. The molecule has 0 aliphatic heterocycles. The van der Waals surface area contributed by atoms with Gasteiger partial charge in [-0.3, -0.25) is 0 Å². The molecule has 0 amide bonds. The van der Waals surface area contributed by atoms with Crippen LogP contribution in [-0.2, 0) is 11.3 Å². The largest absolute Gasteiger partial charge is 0.491 e. The average molecular weight is 553 g/mol. The van der Waals surface area contributed by atoms with Crippen LogP contribution in [0.3, 0.4) is 0 Å². The fraction of sp³-hybridized carbons (Fsp3) is 0.400. The van der Waals surface area contributed by atoms with Gasteiger partial charge in [-0.25, -0.2) is 17.6 Å². The molecule has 3 nitrogen and oxygen atoms in total. The van der Waals surface area contributed by atoms with Crippen LogP contribution >= 0.6 is 0 Å². The Hall–Kier alpha value is -3.20. The quantitative estimate of drug-likeness (QED) is 0.236. The van der Waals surface area contributed by atoms with Gasteiger partial charge in [0, 0.05) is 16.7 Å². The number of rotatable bonds is 10. The fourth-order valence-electron chi connectivity index (χ4n) is 4.85. The third-order valence-electron chi connectivity index (χ3n) is 6.93. The number of hydrogen-bond acceptors (Lipinski definition) is 3. The van der Waals surface area contributed by atoms with E-state index in [9.17, 15) is 17.6 Å². The van der Waals surface area contributed by atoms with Crippen molar-refractivity contribution in [1.29, 1.82) is 0 Å². The normalized spacial score (nSPS) is 17.3. The van der Waals surface area contributed by atoms with Gasteiger partial charge in [0.15, 0.2) is 34.8 Å². The second kappa shape index (κ2) is 12.8. The van der Waals surface area contributed by atoms with Crippen molar-refractivity contribution < 1.29 is 40.6 Å². The molecule has 1 aliphatic carbocycles. The molecule has 39 heavy (non-hydrogen) atoms. The molecule has 0 radical (unpaired) electrons. The van der Waals surface area contributed by atoms with Gasteiger partial charge in [-0.05, 0) is 74.8 Å². The van der Waals surface area contributed by atoms with E-state index in [0.717, 1.165) is 6.07 Å². The molecule has 4 rings (SSSR count). The highest BCUT2D eigenvalue weighted by Gasteiger charge is 2.28. The van der Waals surface area contributed by atoms with E-state index in [2.05, 4.69) is 0 Å². The molecule has 0 unspecified atom stereocenters. The Morgan fingerprint density at radius 3 is 1.90 bits per heavy atom. The fourth-order valence-corrected chi connectivity index (χ4v) is 4.85. The van der Waals surface area contributed by atoms with E-state index in [0.29, 0.717) is 32.1 Å². The van der Waals surface area contributed by atoms with Crippen LogP contribution in [0.25, 0.3) is 11.1 Å². The van der Waals surface area contributed by atoms with Gasteiger partial charge in [-0.1, -0.05) is 19.1 Å². The summed E-state index contributed by atoms with van der Waals surface area (Å²) in [5.41, 5.74) is -0.560. The third-order valence-corrected chi connectivity index (χ3v) is 6.93. The van der Waals surface area contributed by atoms with E-state index in [4.69, 9.17) is 14.2 Å². The van der Waals surface area contributed by atoms with Crippen LogP contribution in [0.4, 0.5) is 26.3 Å². The van der Waals surface area contributed by atoms with Gasteiger partial charge in [-0.2, -0.15) is 8.78 Å². The molecule has 0 spiro atoms. The van der Waals surface area contributed by atoms with Gasteiger partial charge in [0.2, 0.25) is 11.6 Å². The Morgan fingerprint density at radius 1 is 0.641 bits per heavy atom. The van der Waals surface area contributed by atoms with Crippen molar-refractivity contribution in [2.75, 3.05) is 13.2 Å². The summed E-state index contributed by atoms with van der Waals surface area (Å²) in [6.45, 7) is 3.74. The summed E-state index contributed by atoms with van der Waals surface area (Å²) < 4.78 is 104. The SMILES string of the molecule is CCCOc1ccc(COC2CCC(c3ccc(-c4ccc(OCC)c(F)c4F)c(F)c3F)CC2)c(F)c1F. The summed E-state index contributed by atoms with van der Waals surface area (Å²) in [6, 6.07) is 7.78. The van der Waals surface area contributed by atoms with Crippen molar-refractivity contribution in [2.45, 2.75) is 64.6 Å². The lowest BCUT2D eigenvalue weighted by Crippen LogP contribution is -2.21. The average Bonchev–Trinajstić information content (AvgIpc) is 2.94. The van der Waals surface area contributed by atoms with Crippen molar-refractivity contribution in [3.63, 3.8) is 0 Å². The van der Waals surface area contributed by atoms with E-state index >= 15 is 8.78 Å². The minimum absolute atomic E-state index is 0.0696. The van der Waals surface area contributed by atoms with Crippen LogP contribution in [0.5, 0.6) is 11.5 Å². The van der Waals surface area contributed by atoms with Crippen LogP contribution in [-0.4, -0.2) is 19.3 Å². The molecule has 0 saturated heterocycles. The van der Waals surface area contributed by atoms with Crippen molar-refractivity contribution >= 4 is 0 Å². The molecule has 3 aromatic rings. The summed E-state index contributed by atoms with van der Waals surface area (Å²) in [4.78, 5) is 0. The van der Waals surface area contributed by atoms with Gasteiger partial charge < -0.3 is 14.2 Å². The predicted molar refractivity (Wildman–Crippen MR) is 135 cm³/mol. The molecule has 1 aliphatic rings. The second-order valence-corrected chi connectivity index (χ2v) is 9.49. The van der Waals surface area contributed by atoms with Gasteiger partial charge in [0.1, 0.15) is 0 Å². The van der Waals surface area contributed by atoms with Crippen LogP contribution in [0.15, 0.2) is 36.4 Å². The minimum atomic E-state index is -1.32. The Bertz CT molecular complexity index is 1300. The highest BCUT2D eigenvalue weighted by Crippen LogP contribution is 2.39. The maximum atomic E-state index is 15.1. The van der Waals surface area contributed by atoms with E-state index in [1.165, 1.54) is 30.3 Å². The number of halogens is 6. The van der Waals surface area contributed by atoms with Crippen molar-refractivity contribution in [2.24, 2.45) is 0 Å². The molecule has 1 fully saturated rings. The van der Waals surface area contributed by atoms with Crippen LogP contribution in [0, 0.1) is 34.9 Å². The Morgan fingerprint density at radius 2 is 1.23 bits per heavy atom. The lowest BCUT2D eigenvalue weighted by atomic mass is 9.82. The topological polar surface area (TPSA) is 27.7 Å². The van der Waals surface area contributed by atoms with Crippen molar-refractivity contribution in [1.82, 2.24) is 0 Å². The lowest BCUT2D eigenvalue weighted by molar-refractivity contribution is 0.0116. The van der Waals surface area contributed by atoms with E-state index in [1.807, 2.05) is 6.92 Å². The maximum absolute atomic E-state index is 15.1. The standard InChI is InChI=1S/C30H30F6O3/c1-3-15-38-24-13-7-18(25(31)29(24)35)16-39-19-8-5-17(6-9-19)20-10-11-21(27(33)26(20)32)22-12-14-23(37-4-2)30(36)28(22)34/h7,10-14,17,19H,3-6,8-9,15-16H2,1-2H3. The van der Waals surface area contributed by atoms with Crippen LogP contribution < -0.4 is 9.47 Å². The minimum Gasteiger partial charge on any atom is -0.491 e. The third kappa shape index (κ3) is 6.19. The smallest absolute Gasteiger partial charge is 0.201 e. The molecule has 210 valence electrons. The monoisotopic (exact) mass is 552 g/mol. The Labute approximate surface area is 223 Å². The molecular formula is C30H30F6O3. The molecule has 1 saturated carbocycles. The summed E-state index contributed by atoms with van der Waals surface area (Å²) >= 11 is 0. The first-order chi connectivity index (χ1) is 18.8. The molecule has 0 N–H and O–H groups in total. The van der Waals surface area contributed by atoms with Crippen molar-refractivity contribution in [3.05, 3.63) is 82.4 Å². The highest BCUT2D eigenvalue weighted by molar-refractivity contribution is 5.66. The lowest BCUT2D eigenvalue weighted by Gasteiger charge is -2.29. The van der Waals surface area contributed by atoms with Gasteiger partial charge in [0.05, 0.1) is 25.9 Å². The molecule has 0 atom stereocenters. The first-order valence-electron chi connectivity index (χ1n) is 13.1. The van der Waals surface area contributed by atoms with Gasteiger partial charge in [-0.15, -0.1) is 0 Å². The molecule has 0 bridgehead atoms.